The third kappa shape index (κ3) is 3.44. The summed E-state index contributed by atoms with van der Waals surface area (Å²) in [6, 6.07) is 3.85. The lowest BCUT2D eigenvalue weighted by Crippen LogP contribution is -2.25. The number of nitrogens with zero attached hydrogens (tertiary/aromatic N) is 3. The molecule has 2 heterocycles. The fourth-order valence-corrected chi connectivity index (χ4v) is 2.12. The first-order valence-electron chi connectivity index (χ1n) is 6.66. The van der Waals surface area contributed by atoms with Crippen LogP contribution in [0.15, 0.2) is 37.1 Å². The number of carboxylic acid groups (broad SMARTS) is 1. The van der Waals surface area contributed by atoms with E-state index in [0.717, 1.165) is 17.7 Å². The molecule has 0 aromatic carbocycles. The topological polar surface area (TPSA) is 68.0 Å². The van der Waals surface area contributed by atoms with Gasteiger partial charge in [-0.3, -0.25) is 9.78 Å². The van der Waals surface area contributed by atoms with Crippen molar-refractivity contribution in [3.8, 4) is 11.3 Å². The Labute approximate surface area is 118 Å². The van der Waals surface area contributed by atoms with E-state index in [2.05, 4.69) is 23.8 Å². The maximum Gasteiger partial charge on any atom is 0.303 e. The van der Waals surface area contributed by atoms with Crippen molar-refractivity contribution in [1.29, 1.82) is 0 Å². The van der Waals surface area contributed by atoms with Gasteiger partial charge in [-0.2, -0.15) is 0 Å². The minimum atomic E-state index is -0.748. The summed E-state index contributed by atoms with van der Waals surface area (Å²) in [6.45, 7) is 4.17. The Hall–Kier alpha value is -2.17. The molecular formula is C15H19N3O2. The van der Waals surface area contributed by atoms with Crippen molar-refractivity contribution in [2.45, 2.75) is 38.6 Å². The van der Waals surface area contributed by atoms with Crippen LogP contribution in [0.1, 0.15) is 33.1 Å². The molecule has 0 bridgehead atoms. The number of aliphatic carboxylic acids is 1. The number of pyridine rings is 1. The lowest BCUT2D eigenvalue weighted by molar-refractivity contribution is -0.137. The van der Waals surface area contributed by atoms with E-state index in [1.54, 1.807) is 18.7 Å². The SMILES string of the molecule is CC(C)(CCCC(=O)O)n1cnc(-c2cccnc2)c1. The molecule has 0 amide bonds. The van der Waals surface area contributed by atoms with Gasteiger partial charge in [0.25, 0.3) is 0 Å². The molecule has 0 fully saturated rings. The van der Waals surface area contributed by atoms with Gasteiger partial charge in [-0.05, 0) is 38.8 Å². The van der Waals surface area contributed by atoms with Gasteiger partial charge in [-0.15, -0.1) is 0 Å². The third-order valence-corrected chi connectivity index (χ3v) is 3.42. The maximum atomic E-state index is 10.6. The molecule has 0 aliphatic carbocycles. The Morgan fingerprint density at radius 2 is 2.25 bits per heavy atom. The minimum Gasteiger partial charge on any atom is -0.481 e. The van der Waals surface area contributed by atoms with Crippen molar-refractivity contribution < 1.29 is 9.90 Å². The van der Waals surface area contributed by atoms with E-state index in [-0.39, 0.29) is 12.0 Å². The molecule has 0 saturated carbocycles. The van der Waals surface area contributed by atoms with E-state index in [0.29, 0.717) is 6.42 Å². The Morgan fingerprint density at radius 1 is 1.45 bits per heavy atom. The van der Waals surface area contributed by atoms with Gasteiger partial charge in [0.2, 0.25) is 0 Å². The van der Waals surface area contributed by atoms with Crippen molar-refractivity contribution in [2.24, 2.45) is 0 Å². The van der Waals surface area contributed by atoms with E-state index in [1.165, 1.54) is 0 Å². The van der Waals surface area contributed by atoms with E-state index in [9.17, 15) is 4.79 Å². The third-order valence-electron chi connectivity index (χ3n) is 3.42. The van der Waals surface area contributed by atoms with Crippen LogP contribution in [0, 0.1) is 0 Å². The molecule has 2 aromatic heterocycles. The Balaban J connectivity index is 2.09. The van der Waals surface area contributed by atoms with Crippen LogP contribution in [0.2, 0.25) is 0 Å². The number of rotatable bonds is 6. The normalized spacial score (nSPS) is 11.5. The molecule has 0 aliphatic heterocycles. The molecule has 1 N–H and O–H groups in total. The lowest BCUT2D eigenvalue weighted by Gasteiger charge is -2.26. The van der Waals surface area contributed by atoms with Gasteiger partial charge in [0.05, 0.1) is 12.0 Å². The lowest BCUT2D eigenvalue weighted by atomic mass is 9.97. The summed E-state index contributed by atoms with van der Waals surface area (Å²) in [4.78, 5) is 19.1. The van der Waals surface area contributed by atoms with Gasteiger partial charge >= 0.3 is 5.97 Å². The first-order valence-corrected chi connectivity index (χ1v) is 6.66. The predicted molar refractivity (Wildman–Crippen MR) is 76.3 cm³/mol. The van der Waals surface area contributed by atoms with Crippen molar-refractivity contribution in [1.82, 2.24) is 14.5 Å². The summed E-state index contributed by atoms with van der Waals surface area (Å²) >= 11 is 0. The highest BCUT2D eigenvalue weighted by Crippen LogP contribution is 2.25. The maximum absolute atomic E-state index is 10.6. The quantitative estimate of drug-likeness (QED) is 0.878. The smallest absolute Gasteiger partial charge is 0.303 e. The van der Waals surface area contributed by atoms with Gasteiger partial charge in [0, 0.05) is 36.1 Å². The van der Waals surface area contributed by atoms with Crippen LogP contribution in [0.25, 0.3) is 11.3 Å². The van der Waals surface area contributed by atoms with Crippen LogP contribution >= 0.6 is 0 Å². The zero-order valence-corrected chi connectivity index (χ0v) is 11.8. The fraction of sp³-hybridized carbons (Fsp3) is 0.400. The minimum absolute atomic E-state index is 0.150. The van der Waals surface area contributed by atoms with E-state index >= 15 is 0 Å². The second-order valence-electron chi connectivity index (χ2n) is 5.47. The fourth-order valence-electron chi connectivity index (χ4n) is 2.12. The largest absolute Gasteiger partial charge is 0.481 e. The van der Waals surface area contributed by atoms with Crippen molar-refractivity contribution in [3.05, 3.63) is 37.1 Å². The Kier molecular flexibility index (Phi) is 4.17. The van der Waals surface area contributed by atoms with Crippen molar-refractivity contribution in [2.75, 3.05) is 0 Å². The summed E-state index contributed by atoms with van der Waals surface area (Å²) in [6.07, 6.45) is 8.94. The highest BCUT2D eigenvalue weighted by atomic mass is 16.4. The summed E-state index contributed by atoms with van der Waals surface area (Å²) in [5, 5.41) is 8.71. The first kappa shape index (κ1) is 14.2. The van der Waals surface area contributed by atoms with Gasteiger partial charge in [-0.1, -0.05) is 0 Å². The van der Waals surface area contributed by atoms with Crippen molar-refractivity contribution in [3.63, 3.8) is 0 Å². The molecule has 0 atom stereocenters. The average molecular weight is 273 g/mol. The summed E-state index contributed by atoms with van der Waals surface area (Å²) in [5.74, 6) is -0.748. The summed E-state index contributed by atoms with van der Waals surface area (Å²) < 4.78 is 2.04. The molecule has 0 radical (unpaired) electrons. The van der Waals surface area contributed by atoms with Crippen molar-refractivity contribution >= 4 is 5.97 Å². The second-order valence-corrected chi connectivity index (χ2v) is 5.47. The molecule has 106 valence electrons. The number of carboxylic acids is 1. The molecule has 0 saturated heterocycles. The number of hydrogen-bond donors (Lipinski definition) is 1. The van der Waals surface area contributed by atoms with Gasteiger partial charge in [0.1, 0.15) is 0 Å². The second kappa shape index (κ2) is 5.86. The van der Waals surface area contributed by atoms with Crippen LogP contribution < -0.4 is 0 Å². The Morgan fingerprint density at radius 3 is 2.90 bits per heavy atom. The molecule has 0 unspecified atom stereocenters. The monoisotopic (exact) mass is 273 g/mol. The first-order chi connectivity index (χ1) is 9.49. The zero-order valence-electron chi connectivity index (χ0n) is 11.8. The predicted octanol–water partition coefficient (Wildman–Crippen LogP) is 2.94. The van der Waals surface area contributed by atoms with Crippen LogP contribution in [0.4, 0.5) is 0 Å². The number of carbonyl (C=O) groups is 1. The van der Waals surface area contributed by atoms with Crippen LogP contribution in [-0.2, 0) is 10.3 Å². The van der Waals surface area contributed by atoms with Crippen LogP contribution in [0.5, 0.6) is 0 Å². The molecular weight excluding hydrogens is 254 g/mol. The number of imidazole rings is 1. The highest BCUT2D eigenvalue weighted by Gasteiger charge is 2.20. The van der Waals surface area contributed by atoms with E-state index in [4.69, 9.17) is 5.11 Å². The van der Waals surface area contributed by atoms with E-state index < -0.39 is 5.97 Å². The van der Waals surface area contributed by atoms with E-state index in [1.807, 2.05) is 22.9 Å². The number of hydrogen-bond acceptors (Lipinski definition) is 3. The standard InChI is InChI=1S/C15H19N3O2/c1-15(2,7-3-6-14(19)20)18-10-13(17-11-18)12-5-4-8-16-9-12/h4-5,8-11H,3,6-7H2,1-2H3,(H,19,20). The average Bonchev–Trinajstić information content (AvgIpc) is 2.89. The molecule has 2 aromatic rings. The van der Waals surface area contributed by atoms with Gasteiger partial charge < -0.3 is 9.67 Å². The molecule has 5 heteroatoms. The molecule has 20 heavy (non-hydrogen) atoms. The zero-order chi connectivity index (χ0) is 14.6. The summed E-state index contributed by atoms with van der Waals surface area (Å²) in [5.41, 5.74) is 1.71. The van der Waals surface area contributed by atoms with Gasteiger partial charge in [0.15, 0.2) is 0 Å². The molecule has 0 aliphatic rings. The van der Waals surface area contributed by atoms with Crippen LogP contribution in [0.3, 0.4) is 0 Å². The Bertz CT molecular complexity index is 576. The molecule has 0 spiro atoms. The molecule has 2 rings (SSSR count). The molecule has 5 nitrogen and oxygen atoms in total. The van der Waals surface area contributed by atoms with Gasteiger partial charge in [-0.25, -0.2) is 4.98 Å². The van der Waals surface area contributed by atoms with Crippen LogP contribution in [-0.4, -0.2) is 25.6 Å². The summed E-state index contributed by atoms with van der Waals surface area (Å²) in [7, 11) is 0. The highest BCUT2D eigenvalue weighted by molar-refractivity contribution is 5.66. The number of aromatic nitrogens is 3.